The molecular formula is C14H16AsN5. The van der Waals surface area contributed by atoms with Crippen molar-refractivity contribution in [2.24, 2.45) is 0 Å². The van der Waals surface area contributed by atoms with Crippen LogP contribution >= 0.6 is 0 Å². The molecular weight excluding hydrogens is 313 g/mol. The van der Waals surface area contributed by atoms with Crippen LogP contribution in [0.4, 0.5) is 11.5 Å². The SMILES string of the molecule is [As]C1CCN(c2cnnc(NCc3ccccn3)c2)C1. The Bertz CT molecular complexity index is 563. The van der Waals surface area contributed by atoms with Gasteiger partial charge in [0.25, 0.3) is 0 Å². The van der Waals surface area contributed by atoms with Crippen LogP contribution in [0.1, 0.15) is 12.1 Å². The molecule has 1 unspecified atom stereocenters. The van der Waals surface area contributed by atoms with Gasteiger partial charge in [0.05, 0.1) is 0 Å². The van der Waals surface area contributed by atoms with Gasteiger partial charge in [-0.1, -0.05) is 0 Å². The van der Waals surface area contributed by atoms with Crippen LogP contribution in [0.15, 0.2) is 36.7 Å². The second kappa shape index (κ2) is 6.23. The first-order valence-corrected chi connectivity index (χ1v) is 7.79. The summed E-state index contributed by atoms with van der Waals surface area (Å²) < 4.78 is 0.695. The minimum atomic E-state index is 0.659. The Morgan fingerprint density at radius 1 is 1.40 bits per heavy atom. The number of hydrogen-bond donors (Lipinski definition) is 1. The van der Waals surface area contributed by atoms with Crippen LogP contribution in [0, 0.1) is 0 Å². The number of nitrogens with zero attached hydrogens (tertiary/aromatic N) is 4. The van der Waals surface area contributed by atoms with Crippen LogP contribution in [0.3, 0.4) is 0 Å². The molecule has 20 heavy (non-hydrogen) atoms. The van der Waals surface area contributed by atoms with E-state index in [4.69, 9.17) is 0 Å². The zero-order chi connectivity index (χ0) is 13.8. The van der Waals surface area contributed by atoms with Crippen molar-refractivity contribution in [1.29, 1.82) is 0 Å². The van der Waals surface area contributed by atoms with Crippen molar-refractivity contribution in [3.05, 3.63) is 42.4 Å². The molecule has 2 aromatic heterocycles. The van der Waals surface area contributed by atoms with Crippen LogP contribution in [0.25, 0.3) is 0 Å². The van der Waals surface area contributed by atoms with Crippen molar-refractivity contribution in [2.75, 3.05) is 23.3 Å². The number of hydrogen-bond acceptors (Lipinski definition) is 5. The molecule has 1 aliphatic heterocycles. The molecule has 0 amide bonds. The van der Waals surface area contributed by atoms with Crippen molar-refractivity contribution in [2.45, 2.75) is 17.7 Å². The number of aromatic nitrogens is 3. The number of anilines is 2. The van der Waals surface area contributed by atoms with Crippen LogP contribution in [0.2, 0.25) is 4.71 Å². The Labute approximate surface area is 127 Å². The summed E-state index contributed by atoms with van der Waals surface area (Å²) in [5, 5.41) is 11.5. The summed E-state index contributed by atoms with van der Waals surface area (Å²) in [6.45, 7) is 2.82. The Morgan fingerprint density at radius 3 is 3.10 bits per heavy atom. The predicted molar refractivity (Wildman–Crippen MR) is 79.9 cm³/mol. The first kappa shape index (κ1) is 13.4. The van der Waals surface area contributed by atoms with Crippen molar-refractivity contribution in [3.63, 3.8) is 0 Å². The van der Waals surface area contributed by atoms with Crippen molar-refractivity contribution < 1.29 is 0 Å². The van der Waals surface area contributed by atoms with Gasteiger partial charge in [-0.2, -0.15) is 0 Å². The second-order valence-electron chi connectivity index (χ2n) is 4.86. The quantitative estimate of drug-likeness (QED) is 0.865. The fourth-order valence-electron chi connectivity index (χ4n) is 2.28. The Morgan fingerprint density at radius 2 is 2.35 bits per heavy atom. The van der Waals surface area contributed by atoms with Crippen molar-refractivity contribution >= 4 is 28.4 Å². The third-order valence-electron chi connectivity index (χ3n) is 3.35. The molecule has 0 aliphatic carbocycles. The van der Waals surface area contributed by atoms with Gasteiger partial charge in [0, 0.05) is 0 Å². The third kappa shape index (κ3) is 3.28. The predicted octanol–water partition coefficient (Wildman–Crippen LogP) is 1.65. The molecule has 0 bridgehead atoms. The number of pyridine rings is 1. The summed E-state index contributed by atoms with van der Waals surface area (Å²) in [5.74, 6) is 0.794. The van der Waals surface area contributed by atoms with Gasteiger partial charge in [-0.3, -0.25) is 0 Å². The zero-order valence-corrected chi connectivity index (χ0v) is 13.0. The van der Waals surface area contributed by atoms with E-state index < -0.39 is 0 Å². The standard InChI is InChI=1S/C14H16AsN5/c15-11-4-6-20(10-11)13-7-14(19-18-9-13)17-8-12-3-1-2-5-16-12/h1-3,5,7,9,11H,4,6,8,10H2,(H,17,19). The summed E-state index contributed by atoms with van der Waals surface area (Å²) in [4.78, 5) is 6.63. The van der Waals surface area contributed by atoms with Gasteiger partial charge in [-0.25, -0.2) is 0 Å². The molecule has 0 aromatic carbocycles. The average molecular weight is 329 g/mol. The van der Waals surface area contributed by atoms with Gasteiger partial charge in [-0.05, 0) is 0 Å². The fourth-order valence-corrected chi connectivity index (χ4v) is 2.93. The normalized spacial score (nSPS) is 18.2. The van der Waals surface area contributed by atoms with Gasteiger partial charge in [-0.15, -0.1) is 0 Å². The summed E-state index contributed by atoms with van der Waals surface area (Å²) in [6, 6.07) is 7.94. The molecule has 2 aromatic rings. The van der Waals surface area contributed by atoms with Crippen LogP contribution < -0.4 is 10.2 Å². The van der Waals surface area contributed by atoms with Crippen LogP contribution in [0.5, 0.6) is 0 Å². The van der Waals surface area contributed by atoms with Crippen molar-refractivity contribution in [1.82, 2.24) is 15.2 Å². The molecule has 0 saturated carbocycles. The molecule has 1 N–H and O–H groups in total. The molecule has 0 spiro atoms. The Hall–Kier alpha value is -1.61. The fraction of sp³-hybridized carbons (Fsp3) is 0.357. The minimum absolute atomic E-state index is 0.659. The molecule has 1 aliphatic rings. The van der Waals surface area contributed by atoms with Gasteiger partial charge in [0.1, 0.15) is 0 Å². The average Bonchev–Trinajstić information content (AvgIpc) is 2.93. The van der Waals surface area contributed by atoms with E-state index in [0.29, 0.717) is 11.3 Å². The third-order valence-corrected chi connectivity index (χ3v) is 4.23. The first-order valence-electron chi connectivity index (χ1n) is 6.71. The van der Waals surface area contributed by atoms with E-state index in [2.05, 4.69) is 48.3 Å². The maximum atomic E-state index is 4.28. The summed E-state index contributed by atoms with van der Waals surface area (Å²) in [5.41, 5.74) is 2.13. The van der Waals surface area contributed by atoms with E-state index in [1.54, 1.807) is 6.20 Å². The molecule has 3 heterocycles. The van der Waals surface area contributed by atoms with Gasteiger partial charge in [0.2, 0.25) is 0 Å². The van der Waals surface area contributed by atoms with E-state index in [-0.39, 0.29) is 0 Å². The molecule has 3 rings (SSSR count). The summed E-state index contributed by atoms with van der Waals surface area (Å²) in [6.07, 6.45) is 4.85. The molecule has 2 radical (unpaired) electrons. The molecule has 5 nitrogen and oxygen atoms in total. The van der Waals surface area contributed by atoms with Gasteiger partial charge < -0.3 is 0 Å². The van der Waals surface area contributed by atoms with Crippen LogP contribution in [-0.2, 0) is 6.54 Å². The zero-order valence-electron chi connectivity index (χ0n) is 11.1. The van der Waals surface area contributed by atoms with Crippen molar-refractivity contribution in [3.8, 4) is 0 Å². The topological polar surface area (TPSA) is 53.9 Å². The monoisotopic (exact) mass is 329 g/mol. The second-order valence-corrected chi connectivity index (χ2v) is 6.39. The maximum absolute atomic E-state index is 4.28. The first-order chi connectivity index (χ1) is 9.81. The molecule has 102 valence electrons. The number of nitrogens with one attached hydrogen (secondary N) is 1. The van der Waals surface area contributed by atoms with Crippen LogP contribution in [-0.4, -0.2) is 45.1 Å². The summed E-state index contributed by atoms with van der Waals surface area (Å²) in [7, 11) is 0. The summed E-state index contributed by atoms with van der Waals surface area (Å²) >= 11 is 2.74. The van der Waals surface area contributed by atoms with E-state index in [0.717, 1.165) is 30.3 Å². The molecule has 1 saturated heterocycles. The molecule has 1 atom stereocenters. The molecule has 6 heteroatoms. The number of rotatable bonds is 4. The van der Waals surface area contributed by atoms with E-state index >= 15 is 0 Å². The molecule has 1 fully saturated rings. The van der Waals surface area contributed by atoms with E-state index in [1.807, 2.05) is 24.4 Å². The van der Waals surface area contributed by atoms with Gasteiger partial charge in [0.15, 0.2) is 0 Å². The van der Waals surface area contributed by atoms with Gasteiger partial charge >= 0.3 is 127 Å². The Balaban J connectivity index is 1.65. The Kier molecular flexibility index (Phi) is 4.16. The van der Waals surface area contributed by atoms with E-state index in [1.165, 1.54) is 6.42 Å². The van der Waals surface area contributed by atoms with E-state index in [9.17, 15) is 0 Å².